The molecule has 1 aliphatic heterocycles. The van der Waals surface area contributed by atoms with Crippen LogP contribution >= 0.6 is 0 Å². The number of carbonyl (C=O) groups excluding carboxylic acids is 1. The first-order valence-electron chi connectivity index (χ1n) is 11.0. The van der Waals surface area contributed by atoms with Gasteiger partial charge in [-0.3, -0.25) is 4.21 Å². The van der Waals surface area contributed by atoms with Gasteiger partial charge in [0.25, 0.3) is 0 Å². The number of rotatable bonds is 8. The SMILES string of the molecule is CCCCC1(CC)CN(c2ccccc2)c2cc(F)c(O/C=C(\F)C(=O)OC)cc2S(=O)C1. The summed E-state index contributed by atoms with van der Waals surface area (Å²) in [5.74, 6) is -3.17. The van der Waals surface area contributed by atoms with E-state index >= 15 is 4.39 Å². The largest absolute Gasteiger partial charge is 0.464 e. The Morgan fingerprint density at radius 3 is 2.61 bits per heavy atom. The molecule has 2 aromatic carbocycles. The van der Waals surface area contributed by atoms with E-state index < -0.39 is 28.4 Å². The van der Waals surface area contributed by atoms with Crippen molar-refractivity contribution in [1.29, 1.82) is 0 Å². The van der Waals surface area contributed by atoms with Crippen LogP contribution in [0.3, 0.4) is 0 Å². The third-order valence-electron chi connectivity index (χ3n) is 6.03. The first kappa shape index (κ1) is 24.9. The maximum Gasteiger partial charge on any atom is 0.370 e. The van der Waals surface area contributed by atoms with Crippen LogP contribution in [0.5, 0.6) is 5.75 Å². The number of hydrogen-bond acceptors (Lipinski definition) is 5. The van der Waals surface area contributed by atoms with E-state index in [0.29, 0.717) is 29.1 Å². The highest BCUT2D eigenvalue weighted by Gasteiger charge is 2.38. The zero-order chi connectivity index (χ0) is 24.0. The number of carbonyl (C=O) groups is 1. The number of esters is 1. The molecule has 0 saturated carbocycles. The van der Waals surface area contributed by atoms with Gasteiger partial charge >= 0.3 is 5.97 Å². The van der Waals surface area contributed by atoms with Crippen molar-refractivity contribution in [2.24, 2.45) is 5.41 Å². The summed E-state index contributed by atoms with van der Waals surface area (Å²) < 4.78 is 51.6. The number of halogens is 2. The van der Waals surface area contributed by atoms with Gasteiger partial charge in [-0.25, -0.2) is 9.18 Å². The minimum absolute atomic E-state index is 0.218. The quantitative estimate of drug-likeness (QED) is 0.264. The van der Waals surface area contributed by atoms with E-state index in [9.17, 15) is 13.4 Å². The molecule has 3 rings (SSSR count). The summed E-state index contributed by atoms with van der Waals surface area (Å²) in [5.41, 5.74) is 1.15. The van der Waals surface area contributed by atoms with Gasteiger partial charge < -0.3 is 14.4 Å². The van der Waals surface area contributed by atoms with E-state index in [2.05, 4.69) is 18.6 Å². The molecule has 0 aliphatic carbocycles. The van der Waals surface area contributed by atoms with Crippen molar-refractivity contribution in [2.45, 2.75) is 44.4 Å². The van der Waals surface area contributed by atoms with Crippen LogP contribution in [0.4, 0.5) is 20.2 Å². The molecule has 1 aliphatic rings. The minimum Gasteiger partial charge on any atom is -0.464 e. The number of anilines is 2. The lowest BCUT2D eigenvalue weighted by Gasteiger charge is -2.36. The monoisotopic (exact) mass is 477 g/mol. The van der Waals surface area contributed by atoms with Gasteiger partial charge in [0.2, 0.25) is 5.83 Å². The number of ether oxygens (including phenoxy) is 2. The average molecular weight is 478 g/mol. The van der Waals surface area contributed by atoms with Gasteiger partial charge in [-0.1, -0.05) is 44.9 Å². The molecule has 0 N–H and O–H groups in total. The lowest BCUT2D eigenvalue weighted by atomic mass is 9.81. The molecule has 0 saturated heterocycles. The molecule has 178 valence electrons. The highest BCUT2D eigenvalue weighted by molar-refractivity contribution is 7.85. The predicted molar refractivity (Wildman–Crippen MR) is 125 cm³/mol. The van der Waals surface area contributed by atoms with Gasteiger partial charge in [0.05, 0.1) is 28.5 Å². The van der Waals surface area contributed by atoms with Gasteiger partial charge in [-0.05, 0) is 30.4 Å². The summed E-state index contributed by atoms with van der Waals surface area (Å²) in [4.78, 5) is 13.7. The lowest BCUT2D eigenvalue weighted by Crippen LogP contribution is -2.37. The summed E-state index contributed by atoms with van der Waals surface area (Å²) in [7, 11) is -0.411. The highest BCUT2D eigenvalue weighted by atomic mass is 32.2. The van der Waals surface area contributed by atoms with E-state index in [0.717, 1.165) is 38.5 Å². The van der Waals surface area contributed by atoms with E-state index in [1.54, 1.807) is 0 Å². The van der Waals surface area contributed by atoms with Crippen molar-refractivity contribution < 1.29 is 27.3 Å². The minimum atomic E-state index is -1.44. The van der Waals surface area contributed by atoms with Crippen LogP contribution in [-0.2, 0) is 20.3 Å². The number of nitrogens with zero attached hydrogens (tertiary/aromatic N) is 1. The second-order valence-corrected chi connectivity index (χ2v) is 9.61. The van der Waals surface area contributed by atoms with E-state index in [1.807, 2.05) is 35.2 Å². The molecule has 5 nitrogen and oxygen atoms in total. The van der Waals surface area contributed by atoms with Crippen molar-refractivity contribution in [3.63, 3.8) is 0 Å². The fraction of sp³-hybridized carbons (Fsp3) is 0.400. The summed E-state index contributed by atoms with van der Waals surface area (Å²) in [6, 6.07) is 12.2. The molecule has 0 aromatic heterocycles. The smallest absolute Gasteiger partial charge is 0.370 e. The zero-order valence-electron chi connectivity index (χ0n) is 19.1. The molecule has 0 spiro atoms. The number of methoxy groups -OCH3 is 1. The molecule has 2 atom stereocenters. The normalized spacial score (nSPS) is 20.7. The molecule has 2 aromatic rings. The maximum atomic E-state index is 15.0. The third-order valence-corrected chi connectivity index (χ3v) is 7.72. The van der Waals surface area contributed by atoms with Gasteiger partial charge in [0.15, 0.2) is 11.6 Å². The Morgan fingerprint density at radius 2 is 1.97 bits per heavy atom. The van der Waals surface area contributed by atoms with Crippen molar-refractivity contribution in [1.82, 2.24) is 0 Å². The van der Waals surface area contributed by atoms with Crippen LogP contribution in [0.25, 0.3) is 0 Å². The molecule has 0 bridgehead atoms. The van der Waals surface area contributed by atoms with E-state index in [1.165, 1.54) is 12.1 Å². The highest BCUT2D eigenvalue weighted by Crippen LogP contribution is 2.44. The third kappa shape index (κ3) is 5.61. The predicted octanol–water partition coefficient (Wildman–Crippen LogP) is 6.03. The molecular weight excluding hydrogens is 448 g/mol. The van der Waals surface area contributed by atoms with E-state index in [4.69, 9.17) is 4.74 Å². The number of fused-ring (bicyclic) bond motifs is 1. The van der Waals surface area contributed by atoms with Crippen LogP contribution in [-0.4, -0.2) is 29.6 Å². The van der Waals surface area contributed by atoms with Crippen LogP contribution in [0.1, 0.15) is 39.5 Å². The second-order valence-electron chi connectivity index (χ2n) is 8.19. The molecule has 2 unspecified atom stereocenters. The Labute approximate surface area is 195 Å². The van der Waals surface area contributed by atoms with Crippen molar-refractivity contribution >= 4 is 28.1 Å². The summed E-state index contributed by atoms with van der Waals surface area (Å²) >= 11 is 0. The lowest BCUT2D eigenvalue weighted by molar-refractivity contribution is -0.137. The summed E-state index contributed by atoms with van der Waals surface area (Å²) in [5, 5.41) is 0. The first-order valence-corrected chi connectivity index (χ1v) is 12.3. The first-order chi connectivity index (χ1) is 15.8. The molecular formula is C25H29F2NO4S. The van der Waals surface area contributed by atoms with Crippen molar-refractivity contribution in [3.05, 3.63) is 60.4 Å². The maximum absolute atomic E-state index is 15.0. The fourth-order valence-corrected chi connectivity index (χ4v) is 5.82. The number of para-hydroxylation sites is 1. The summed E-state index contributed by atoms with van der Waals surface area (Å²) in [6.07, 6.45) is 4.25. The zero-order valence-corrected chi connectivity index (χ0v) is 19.9. The Kier molecular flexibility index (Phi) is 8.24. The topological polar surface area (TPSA) is 55.8 Å². The van der Waals surface area contributed by atoms with Crippen LogP contribution in [0, 0.1) is 11.2 Å². The molecule has 33 heavy (non-hydrogen) atoms. The number of hydrogen-bond donors (Lipinski definition) is 0. The Morgan fingerprint density at radius 1 is 1.24 bits per heavy atom. The Hall–Kier alpha value is -2.74. The fourth-order valence-electron chi connectivity index (χ4n) is 4.02. The van der Waals surface area contributed by atoms with Crippen molar-refractivity contribution in [3.8, 4) is 5.75 Å². The van der Waals surface area contributed by atoms with Gasteiger partial charge in [-0.2, -0.15) is 4.39 Å². The van der Waals surface area contributed by atoms with Gasteiger partial charge in [0, 0.05) is 30.1 Å². The average Bonchev–Trinajstić information content (AvgIpc) is 2.95. The summed E-state index contributed by atoms with van der Waals surface area (Å²) in [6.45, 7) is 4.82. The van der Waals surface area contributed by atoms with Gasteiger partial charge in [-0.15, -0.1) is 0 Å². The van der Waals surface area contributed by atoms with Crippen LogP contribution in [0.2, 0.25) is 0 Å². The second kappa shape index (κ2) is 10.9. The molecule has 0 radical (unpaired) electrons. The van der Waals surface area contributed by atoms with Gasteiger partial charge in [0.1, 0.15) is 6.26 Å². The molecule has 8 heteroatoms. The Bertz CT molecular complexity index is 1040. The molecule has 0 amide bonds. The van der Waals surface area contributed by atoms with E-state index in [-0.39, 0.29) is 11.2 Å². The Balaban J connectivity index is 2.09. The standard InChI is InChI=1S/C25H29F2NO4S/c1-4-6-12-25(5-2)16-28(18-10-8-7-9-11-18)21-13-19(26)22(14-23(21)33(30)17-25)32-15-20(27)24(29)31-3/h7-11,13-15H,4-6,12,16-17H2,1-3H3/b20-15-. The van der Waals surface area contributed by atoms with Crippen molar-refractivity contribution in [2.75, 3.05) is 24.3 Å². The van der Waals surface area contributed by atoms with Crippen LogP contribution in [0.15, 0.2) is 59.4 Å². The number of benzene rings is 2. The van der Waals surface area contributed by atoms with Crippen LogP contribution < -0.4 is 9.64 Å². The molecule has 0 fully saturated rings. The number of unbranched alkanes of at least 4 members (excludes halogenated alkanes) is 1. The molecule has 1 heterocycles.